The molecule has 0 spiro atoms. The number of aliphatic hydroxyl groups is 27. The maximum atomic E-state index is 9.90. The molecule has 27 N–H and O–H groups in total. The monoisotopic (exact) mass is 1000 g/mol. The summed E-state index contributed by atoms with van der Waals surface area (Å²) in [4.78, 5) is 49.3. The van der Waals surface area contributed by atoms with Gasteiger partial charge < -0.3 is 167 Å². The van der Waals surface area contributed by atoms with Crippen LogP contribution in [-0.4, -0.2) is 343 Å². The van der Waals surface area contributed by atoms with Crippen molar-refractivity contribution < 1.29 is 167 Å². The summed E-state index contributed by atoms with van der Waals surface area (Å²) in [5, 5.41) is 235. The Morgan fingerprint density at radius 3 is 0.806 bits per heavy atom. The van der Waals surface area contributed by atoms with E-state index in [4.69, 9.17) is 138 Å². The highest BCUT2D eigenvalue weighted by molar-refractivity contribution is 5.58. The molecule has 0 amide bonds. The number of carbonyl (C=O) groups is 5. The predicted molar refractivity (Wildman–Crippen MR) is 208 cm³/mol. The molecule has 0 aliphatic carbocycles. The van der Waals surface area contributed by atoms with Crippen LogP contribution in [0.3, 0.4) is 0 Å². The van der Waals surface area contributed by atoms with Gasteiger partial charge in [-0.1, -0.05) is 0 Å². The van der Waals surface area contributed by atoms with Crippen molar-refractivity contribution in [2.75, 3.05) is 33.0 Å². The highest BCUT2D eigenvalue weighted by atomic mass is 16.6. The van der Waals surface area contributed by atoms with Gasteiger partial charge in [-0.05, 0) is 6.92 Å². The molecule has 67 heavy (non-hydrogen) atoms. The van der Waals surface area contributed by atoms with Crippen LogP contribution in [0.2, 0.25) is 0 Å². The molecule has 23 atom stereocenters. The molecule has 0 aromatic carbocycles. The quantitative estimate of drug-likeness (QED) is 0.0423. The van der Waals surface area contributed by atoms with Gasteiger partial charge in [0.1, 0.15) is 128 Å². The maximum absolute atomic E-state index is 9.90. The van der Waals surface area contributed by atoms with E-state index in [1.54, 1.807) is 0 Å². The third-order valence-corrected chi connectivity index (χ3v) is 8.14. The Morgan fingerprint density at radius 2 is 0.597 bits per heavy atom. The summed E-state index contributed by atoms with van der Waals surface area (Å²) >= 11 is 0. The van der Waals surface area contributed by atoms with Crippen LogP contribution < -0.4 is 0 Å². The van der Waals surface area contributed by atoms with E-state index in [-0.39, 0.29) is 38.0 Å². The first kappa shape index (κ1) is 73.2. The average Bonchev–Trinajstić information content (AvgIpc) is 3.35. The summed E-state index contributed by atoms with van der Waals surface area (Å²) in [5.74, 6) is 0. The lowest BCUT2D eigenvalue weighted by Gasteiger charge is -2.31. The summed E-state index contributed by atoms with van der Waals surface area (Å²) in [6.07, 6.45) is -36.3. The van der Waals surface area contributed by atoms with Crippen molar-refractivity contribution in [3.63, 3.8) is 0 Å². The second kappa shape index (κ2) is 41.1. The van der Waals surface area contributed by atoms with Gasteiger partial charge in [-0.3, -0.25) is 0 Å². The van der Waals surface area contributed by atoms with Crippen LogP contribution in [0.4, 0.5) is 0 Å². The molecule has 33 heteroatoms. The average molecular weight is 1000 g/mol. The van der Waals surface area contributed by atoms with E-state index in [1.807, 2.05) is 0 Å². The molecule has 1 saturated heterocycles. The van der Waals surface area contributed by atoms with E-state index in [1.165, 1.54) is 6.92 Å². The van der Waals surface area contributed by atoms with Crippen LogP contribution in [-0.2, 0) is 28.7 Å². The third kappa shape index (κ3) is 30.5. The van der Waals surface area contributed by atoms with Gasteiger partial charge in [0.15, 0.2) is 37.7 Å². The van der Waals surface area contributed by atoms with Crippen LogP contribution in [0.25, 0.3) is 0 Å². The molecule has 402 valence electrons. The number of hydrogen-bond donors (Lipinski definition) is 27. The summed E-state index contributed by atoms with van der Waals surface area (Å²) in [7, 11) is 0. The van der Waals surface area contributed by atoms with E-state index in [0.717, 1.165) is 0 Å². The predicted octanol–water partition coefficient (Wildman–Crippen LogP) is -17.8. The zero-order valence-corrected chi connectivity index (χ0v) is 35.2. The topological polar surface area (TPSA) is 641 Å². The first-order chi connectivity index (χ1) is 30.9. The Morgan fingerprint density at radius 1 is 0.373 bits per heavy atom. The zero-order valence-electron chi connectivity index (χ0n) is 35.2. The Bertz CT molecular complexity index is 1130. The van der Waals surface area contributed by atoms with Crippen LogP contribution in [0.5, 0.6) is 0 Å². The number of rotatable bonds is 23. The van der Waals surface area contributed by atoms with Crippen molar-refractivity contribution >= 4 is 31.4 Å². The van der Waals surface area contributed by atoms with Crippen LogP contribution >= 0.6 is 0 Å². The maximum Gasteiger partial charge on any atom is 0.183 e. The Kier molecular flexibility index (Phi) is 44.9. The summed E-state index contributed by atoms with van der Waals surface area (Å²) in [5.41, 5.74) is 0. The van der Waals surface area contributed by atoms with Gasteiger partial charge in [-0.15, -0.1) is 0 Å². The van der Waals surface area contributed by atoms with Crippen molar-refractivity contribution in [2.24, 2.45) is 0 Å². The fourth-order valence-electron chi connectivity index (χ4n) is 3.63. The molecule has 0 bridgehead atoms. The van der Waals surface area contributed by atoms with Gasteiger partial charge in [0, 0.05) is 0 Å². The number of hydrogen-bond acceptors (Lipinski definition) is 33. The number of ether oxygens (including phenoxy) is 1. The van der Waals surface area contributed by atoms with Crippen molar-refractivity contribution in [2.45, 2.75) is 148 Å². The second-order valence-corrected chi connectivity index (χ2v) is 13.6. The van der Waals surface area contributed by atoms with Gasteiger partial charge in [0.05, 0.1) is 39.1 Å². The minimum atomic E-state index is -1.79. The molecule has 33 nitrogen and oxygen atoms in total. The smallest absolute Gasteiger partial charge is 0.183 e. The summed E-state index contributed by atoms with van der Waals surface area (Å²) < 4.78 is 4.47. The fraction of sp³-hybridized carbons (Fsp3) is 0.853. The molecule has 1 aliphatic rings. The first-order valence-corrected chi connectivity index (χ1v) is 18.9. The minimum absolute atomic E-state index is 0.0258. The second-order valence-electron chi connectivity index (χ2n) is 13.6. The van der Waals surface area contributed by atoms with Gasteiger partial charge in [0.25, 0.3) is 0 Å². The molecule has 0 aromatic heterocycles. The molecular weight excluding hydrogens is 936 g/mol. The molecule has 0 aromatic rings. The number of aliphatic hydroxyl groups excluding tert-OH is 27. The lowest BCUT2D eigenvalue weighted by molar-refractivity contribution is -0.252. The van der Waals surface area contributed by atoms with Crippen LogP contribution in [0.15, 0.2) is 0 Å². The SMILES string of the molecule is C[C@H](O)[C@H](O)[C@@H](O)[C@@H](O)C=O.O=C[C@@H](O)[C@@H](O)[C@H](O)[C@H](O)CO.O=C[C@@H](O)[C@H](O)[C@H](O)CO.O=C[C@H](O)[C@@H](O)[C@@H](O)[C@H](O)CO.O=C[C@H](O)[C@@H](O)[C@H](O)[C@H](O)CO.OC1OC[C@@H](O)[C@H](O)[C@H]1O. The zero-order chi connectivity index (χ0) is 54.1. The molecule has 1 heterocycles. The van der Waals surface area contributed by atoms with E-state index in [2.05, 4.69) is 4.74 Å². The fourth-order valence-corrected chi connectivity index (χ4v) is 3.63. The number of carbonyl (C=O) groups excluding carboxylic acids is 5. The molecule has 1 fully saturated rings. The first-order valence-electron chi connectivity index (χ1n) is 18.9. The van der Waals surface area contributed by atoms with E-state index in [9.17, 15) is 24.0 Å². The van der Waals surface area contributed by atoms with E-state index >= 15 is 0 Å². The van der Waals surface area contributed by atoms with E-state index in [0.29, 0.717) is 0 Å². The third-order valence-electron chi connectivity index (χ3n) is 8.14. The normalized spacial score (nSPS) is 25.2. The van der Waals surface area contributed by atoms with Crippen molar-refractivity contribution in [1.29, 1.82) is 0 Å². The molecule has 0 radical (unpaired) electrons. The van der Waals surface area contributed by atoms with Gasteiger partial charge in [-0.25, -0.2) is 0 Å². The van der Waals surface area contributed by atoms with Crippen LogP contribution in [0, 0.1) is 0 Å². The molecule has 1 rings (SSSR count). The summed E-state index contributed by atoms with van der Waals surface area (Å²) in [6.45, 7) is -1.88. The Balaban J connectivity index is -0.000000230. The lowest BCUT2D eigenvalue weighted by Crippen LogP contribution is -2.52. The van der Waals surface area contributed by atoms with Gasteiger partial charge in [0.2, 0.25) is 0 Å². The van der Waals surface area contributed by atoms with Crippen molar-refractivity contribution in [1.82, 2.24) is 0 Å². The molecule has 1 aliphatic heterocycles. The van der Waals surface area contributed by atoms with Gasteiger partial charge in [-0.2, -0.15) is 0 Å². The molecular formula is C34H68O33. The molecule has 0 saturated carbocycles. The Hall–Kier alpha value is -2.77. The van der Waals surface area contributed by atoms with Crippen molar-refractivity contribution in [3.8, 4) is 0 Å². The summed E-state index contributed by atoms with van der Waals surface area (Å²) in [6, 6.07) is 0. The van der Waals surface area contributed by atoms with E-state index < -0.39 is 167 Å². The highest BCUT2D eigenvalue weighted by Gasteiger charge is 2.36. The largest absolute Gasteiger partial charge is 0.394 e. The Labute approximate surface area is 378 Å². The number of aldehydes is 5. The lowest BCUT2D eigenvalue weighted by atomic mass is 10.0. The van der Waals surface area contributed by atoms with Crippen molar-refractivity contribution in [3.05, 3.63) is 0 Å². The molecule has 1 unspecified atom stereocenters. The standard InChI is InChI=1S/3C6H12O6.C6H12O5.2C5H10O5/c3*7-1-3(9)5(11)6(12)4(10)2-8;1-3(8)5(10)6(11)4(9)2-7;6-2-1-10-5(9)4(8)3(2)7;6-1-3(8)5(10)4(9)2-7/h3*1,3-6,8-12H,2H2;2-6,8-11H,1H3;2-9H,1H2;1,3-5,7-10H,2H2/t3-,4+,5+,6+;3-,4+,5+,6-;2*3-,4-,5-,6-;2-,3+,4-,5?;3-,4-,5+/m001011/s1. The van der Waals surface area contributed by atoms with Crippen LogP contribution in [0.1, 0.15) is 6.92 Å². The van der Waals surface area contributed by atoms with Gasteiger partial charge >= 0.3 is 0 Å². The minimum Gasteiger partial charge on any atom is -0.394 e. The highest BCUT2D eigenvalue weighted by Crippen LogP contribution is 2.13.